The molecule has 3 rings (SSSR count). The molecule has 1 atom stereocenters. The lowest BCUT2D eigenvalue weighted by atomic mass is 9.98. The molecular weight excluding hydrogens is 390 g/mol. The van der Waals surface area contributed by atoms with E-state index in [-0.39, 0.29) is 18.7 Å². The third-order valence-electron chi connectivity index (χ3n) is 5.20. The molecule has 1 aromatic carbocycles. The number of piperidine rings is 1. The van der Waals surface area contributed by atoms with Crippen molar-refractivity contribution >= 4 is 6.09 Å². The van der Waals surface area contributed by atoms with Crippen molar-refractivity contribution in [3.05, 3.63) is 58.9 Å². The summed E-state index contributed by atoms with van der Waals surface area (Å²) < 4.78 is 11.5. The van der Waals surface area contributed by atoms with Gasteiger partial charge < -0.3 is 14.4 Å². The van der Waals surface area contributed by atoms with Gasteiger partial charge in [0.15, 0.2) is 0 Å². The van der Waals surface area contributed by atoms with Crippen LogP contribution in [0.2, 0.25) is 0 Å². The second-order valence-corrected chi connectivity index (χ2v) is 9.05. The van der Waals surface area contributed by atoms with Gasteiger partial charge in [-0.05, 0) is 76.8 Å². The lowest BCUT2D eigenvalue weighted by molar-refractivity contribution is 0.00984. The van der Waals surface area contributed by atoms with E-state index in [0.29, 0.717) is 24.3 Å². The molecule has 6 nitrogen and oxygen atoms in total. The molecule has 0 aliphatic carbocycles. The van der Waals surface area contributed by atoms with Crippen LogP contribution >= 0.6 is 0 Å². The highest BCUT2D eigenvalue weighted by atomic mass is 16.6. The van der Waals surface area contributed by atoms with E-state index in [1.54, 1.807) is 0 Å². The van der Waals surface area contributed by atoms with E-state index in [1.807, 2.05) is 69.0 Å². The van der Waals surface area contributed by atoms with Crippen molar-refractivity contribution in [3.63, 3.8) is 0 Å². The number of amides is 1. The number of nitriles is 1. The maximum absolute atomic E-state index is 12.7. The summed E-state index contributed by atoms with van der Waals surface area (Å²) in [5.74, 6) is 0.559. The SMILES string of the molecule is Cc1ccc(OCc2cccc(CC3CCCCN3C(=O)OC(C)(C)C)n2)c(C#N)c1. The maximum Gasteiger partial charge on any atom is 0.410 e. The van der Waals surface area contributed by atoms with E-state index in [4.69, 9.17) is 14.5 Å². The van der Waals surface area contributed by atoms with Gasteiger partial charge >= 0.3 is 6.09 Å². The molecule has 0 saturated carbocycles. The predicted octanol–water partition coefficient (Wildman–Crippen LogP) is 5.17. The highest BCUT2D eigenvalue weighted by Crippen LogP contribution is 2.24. The summed E-state index contributed by atoms with van der Waals surface area (Å²) in [6.45, 7) is 8.61. The summed E-state index contributed by atoms with van der Waals surface area (Å²) in [6, 6.07) is 13.7. The van der Waals surface area contributed by atoms with E-state index in [1.165, 1.54) is 0 Å². The van der Waals surface area contributed by atoms with Crippen LogP contribution in [0.3, 0.4) is 0 Å². The van der Waals surface area contributed by atoms with Crippen LogP contribution in [-0.2, 0) is 17.8 Å². The van der Waals surface area contributed by atoms with Gasteiger partial charge in [-0.3, -0.25) is 4.98 Å². The molecule has 1 aliphatic heterocycles. The molecule has 1 aromatic heterocycles. The van der Waals surface area contributed by atoms with Crippen molar-refractivity contribution in [1.82, 2.24) is 9.88 Å². The van der Waals surface area contributed by atoms with Crippen molar-refractivity contribution in [2.75, 3.05) is 6.54 Å². The number of aromatic nitrogens is 1. The fourth-order valence-corrected chi connectivity index (χ4v) is 3.75. The summed E-state index contributed by atoms with van der Waals surface area (Å²) in [5, 5.41) is 9.32. The first-order valence-corrected chi connectivity index (χ1v) is 10.8. The Kier molecular flexibility index (Phi) is 7.17. The largest absolute Gasteiger partial charge is 0.486 e. The molecule has 2 heterocycles. The number of hydrogen-bond acceptors (Lipinski definition) is 5. The molecule has 1 aliphatic rings. The average molecular weight is 422 g/mol. The minimum Gasteiger partial charge on any atom is -0.486 e. The standard InChI is InChI=1S/C25H31N3O3/c1-18-11-12-23(19(14-18)16-26)30-17-21-9-7-8-20(27-21)15-22-10-5-6-13-28(22)24(29)31-25(2,3)4/h7-9,11-12,14,22H,5-6,10,13,15,17H2,1-4H3. The van der Waals surface area contributed by atoms with Crippen LogP contribution in [0.4, 0.5) is 4.79 Å². The van der Waals surface area contributed by atoms with Crippen molar-refractivity contribution in [1.29, 1.82) is 5.26 Å². The lowest BCUT2D eigenvalue weighted by Crippen LogP contribution is -2.47. The summed E-state index contributed by atoms with van der Waals surface area (Å²) >= 11 is 0. The normalized spacial score (nSPS) is 16.5. The summed E-state index contributed by atoms with van der Waals surface area (Å²) in [4.78, 5) is 19.3. The Labute approximate surface area is 184 Å². The van der Waals surface area contributed by atoms with Crippen LogP contribution in [-0.4, -0.2) is 34.2 Å². The van der Waals surface area contributed by atoms with Gasteiger partial charge in [0.2, 0.25) is 0 Å². The fourth-order valence-electron chi connectivity index (χ4n) is 3.75. The van der Waals surface area contributed by atoms with E-state index in [9.17, 15) is 10.1 Å². The van der Waals surface area contributed by atoms with E-state index >= 15 is 0 Å². The van der Waals surface area contributed by atoms with Crippen LogP contribution in [0.25, 0.3) is 0 Å². The van der Waals surface area contributed by atoms with Gasteiger partial charge in [0, 0.05) is 24.7 Å². The van der Waals surface area contributed by atoms with Gasteiger partial charge in [-0.15, -0.1) is 0 Å². The van der Waals surface area contributed by atoms with E-state index in [2.05, 4.69) is 6.07 Å². The van der Waals surface area contributed by atoms with Crippen LogP contribution in [0.1, 0.15) is 62.5 Å². The van der Waals surface area contributed by atoms with Gasteiger partial charge in [0.05, 0.1) is 11.3 Å². The molecule has 0 radical (unpaired) electrons. The topological polar surface area (TPSA) is 75.4 Å². The van der Waals surface area contributed by atoms with Gasteiger partial charge in [0.25, 0.3) is 0 Å². The minimum absolute atomic E-state index is 0.0783. The van der Waals surface area contributed by atoms with Gasteiger partial charge in [-0.1, -0.05) is 12.1 Å². The number of carbonyl (C=O) groups is 1. The minimum atomic E-state index is -0.507. The average Bonchev–Trinajstić information content (AvgIpc) is 2.72. The smallest absolute Gasteiger partial charge is 0.410 e. The zero-order valence-electron chi connectivity index (χ0n) is 18.9. The molecular formula is C25H31N3O3. The number of ether oxygens (including phenoxy) is 2. The van der Waals surface area contributed by atoms with Gasteiger partial charge in [-0.2, -0.15) is 5.26 Å². The Morgan fingerprint density at radius 3 is 2.74 bits per heavy atom. The highest BCUT2D eigenvalue weighted by Gasteiger charge is 2.30. The number of likely N-dealkylation sites (tertiary alicyclic amines) is 1. The van der Waals surface area contributed by atoms with Crippen LogP contribution in [0.5, 0.6) is 5.75 Å². The second kappa shape index (κ2) is 9.82. The number of carbonyl (C=O) groups excluding carboxylic acids is 1. The van der Waals surface area contributed by atoms with Crippen LogP contribution in [0, 0.1) is 18.3 Å². The zero-order valence-corrected chi connectivity index (χ0v) is 18.9. The van der Waals surface area contributed by atoms with Crippen molar-refractivity contribution in [2.24, 2.45) is 0 Å². The summed E-state index contributed by atoms with van der Waals surface area (Å²) in [7, 11) is 0. The quantitative estimate of drug-likeness (QED) is 0.665. The predicted molar refractivity (Wildman–Crippen MR) is 119 cm³/mol. The number of benzene rings is 1. The van der Waals surface area contributed by atoms with Crippen molar-refractivity contribution < 1.29 is 14.3 Å². The Bertz CT molecular complexity index is 959. The molecule has 0 spiro atoms. The van der Waals surface area contributed by atoms with Crippen molar-refractivity contribution in [3.8, 4) is 11.8 Å². The molecule has 6 heteroatoms. The molecule has 1 amide bonds. The molecule has 1 unspecified atom stereocenters. The molecule has 1 saturated heterocycles. The Morgan fingerprint density at radius 2 is 2.00 bits per heavy atom. The third-order valence-corrected chi connectivity index (χ3v) is 5.20. The Morgan fingerprint density at radius 1 is 1.23 bits per heavy atom. The van der Waals surface area contributed by atoms with Gasteiger partial charge in [0.1, 0.15) is 24.0 Å². The summed E-state index contributed by atoms with van der Waals surface area (Å²) in [6.07, 6.45) is 3.46. The second-order valence-electron chi connectivity index (χ2n) is 9.05. The maximum atomic E-state index is 12.7. The zero-order chi connectivity index (χ0) is 22.4. The van der Waals surface area contributed by atoms with E-state index in [0.717, 1.165) is 36.2 Å². The van der Waals surface area contributed by atoms with Gasteiger partial charge in [-0.25, -0.2) is 4.79 Å². The number of hydrogen-bond donors (Lipinski definition) is 0. The number of aryl methyl sites for hydroxylation is 1. The van der Waals surface area contributed by atoms with Crippen molar-refractivity contribution in [2.45, 2.75) is 71.6 Å². The first-order valence-electron chi connectivity index (χ1n) is 10.8. The molecule has 0 bridgehead atoms. The van der Waals surface area contributed by atoms with Crippen LogP contribution in [0.15, 0.2) is 36.4 Å². The number of nitrogens with zero attached hydrogens (tertiary/aromatic N) is 3. The monoisotopic (exact) mass is 421 g/mol. The summed E-state index contributed by atoms with van der Waals surface area (Å²) in [5.41, 5.74) is 2.75. The lowest BCUT2D eigenvalue weighted by Gasteiger charge is -2.36. The molecule has 1 fully saturated rings. The number of pyridine rings is 1. The number of rotatable bonds is 5. The Hall–Kier alpha value is -3.07. The highest BCUT2D eigenvalue weighted by molar-refractivity contribution is 5.68. The first-order chi connectivity index (χ1) is 14.7. The molecule has 164 valence electrons. The Balaban J connectivity index is 1.67. The fraction of sp³-hybridized carbons (Fsp3) is 0.480. The first kappa shape index (κ1) is 22.6. The van der Waals surface area contributed by atoms with E-state index < -0.39 is 5.60 Å². The molecule has 2 aromatic rings. The molecule has 31 heavy (non-hydrogen) atoms. The van der Waals surface area contributed by atoms with Crippen LogP contribution < -0.4 is 4.74 Å². The molecule has 0 N–H and O–H groups in total. The third kappa shape index (κ3) is 6.45.